The van der Waals surface area contributed by atoms with Gasteiger partial charge < -0.3 is 15.4 Å². The zero-order valence-corrected chi connectivity index (χ0v) is 11.6. The van der Waals surface area contributed by atoms with E-state index in [1.165, 1.54) is 18.2 Å². The number of hydrogen-bond acceptors (Lipinski definition) is 3. The highest BCUT2D eigenvalue weighted by molar-refractivity contribution is 6.30. The van der Waals surface area contributed by atoms with Gasteiger partial charge in [-0.05, 0) is 24.6 Å². The first-order valence-corrected chi connectivity index (χ1v) is 6.64. The van der Waals surface area contributed by atoms with Crippen LogP contribution in [-0.4, -0.2) is 24.5 Å². The van der Waals surface area contributed by atoms with Crippen LogP contribution in [-0.2, 0) is 16.1 Å². The molecular weight excluding hydrogens is 306 g/mol. The number of nitrogens with one attached hydrogen (secondary N) is 2. The van der Waals surface area contributed by atoms with E-state index in [-0.39, 0.29) is 24.1 Å². The molecule has 0 bridgehead atoms. The first kappa shape index (κ1) is 15.5. The summed E-state index contributed by atoms with van der Waals surface area (Å²) in [6.07, 6.45) is 0.718. The summed E-state index contributed by atoms with van der Waals surface area (Å²) < 4.78 is 29.0. The lowest BCUT2D eigenvalue weighted by atomic mass is 10.1. The van der Waals surface area contributed by atoms with Crippen LogP contribution in [0.25, 0.3) is 0 Å². The van der Waals surface area contributed by atoms with Crippen LogP contribution in [0.4, 0.5) is 8.78 Å². The van der Waals surface area contributed by atoms with Crippen molar-refractivity contribution in [2.45, 2.75) is 32.0 Å². The van der Waals surface area contributed by atoms with Crippen LogP contribution in [0.15, 0.2) is 18.2 Å². The van der Waals surface area contributed by atoms with Crippen LogP contribution in [0.3, 0.4) is 0 Å². The van der Waals surface area contributed by atoms with Gasteiger partial charge in [0.05, 0.1) is 0 Å². The van der Waals surface area contributed by atoms with Crippen molar-refractivity contribution < 1.29 is 23.1 Å². The summed E-state index contributed by atoms with van der Waals surface area (Å²) >= 11 is 5.80. The number of hydrogen-bond donors (Lipinski definition) is 2. The highest BCUT2D eigenvalue weighted by Crippen LogP contribution is 2.24. The summed E-state index contributed by atoms with van der Waals surface area (Å²) in [7, 11) is 0. The maximum atomic E-state index is 12.3. The first-order valence-electron chi connectivity index (χ1n) is 6.26. The predicted molar refractivity (Wildman–Crippen MR) is 71.1 cm³/mol. The predicted octanol–water partition coefficient (Wildman–Crippen LogP) is 1.84. The van der Waals surface area contributed by atoms with Gasteiger partial charge in [-0.2, -0.15) is 8.78 Å². The second-order valence-electron chi connectivity index (χ2n) is 4.51. The third kappa shape index (κ3) is 4.29. The molecule has 5 nitrogen and oxygen atoms in total. The fraction of sp³-hybridized carbons (Fsp3) is 0.385. The van der Waals surface area contributed by atoms with Crippen LogP contribution < -0.4 is 15.4 Å². The van der Waals surface area contributed by atoms with Gasteiger partial charge in [-0.1, -0.05) is 11.6 Å². The topological polar surface area (TPSA) is 67.4 Å². The lowest BCUT2D eigenvalue weighted by Crippen LogP contribution is -2.41. The Kier molecular flexibility index (Phi) is 4.95. The van der Waals surface area contributed by atoms with Crippen molar-refractivity contribution in [3.8, 4) is 5.75 Å². The van der Waals surface area contributed by atoms with Crippen molar-refractivity contribution in [1.29, 1.82) is 0 Å². The lowest BCUT2D eigenvalue weighted by Gasteiger charge is -2.14. The molecule has 1 aromatic carbocycles. The van der Waals surface area contributed by atoms with Gasteiger partial charge in [0.15, 0.2) is 0 Å². The van der Waals surface area contributed by atoms with Crippen molar-refractivity contribution in [2.24, 2.45) is 0 Å². The van der Waals surface area contributed by atoms with Crippen LogP contribution in [0.2, 0.25) is 5.02 Å². The molecule has 1 aliphatic rings. The van der Waals surface area contributed by atoms with E-state index in [0.717, 1.165) is 0 Å². The Hall–Kier alpha value is -1.89. The Bertz CT molecular complexity index is 554. The largest absolute Gasteiger partial charge is 0.434 e. The monoisotopic (exact) mass is 318 g/mol. The average Bonchev–Trinajstić information content (AvgIpc) is 2.85. The van der Waals surface area contributed by atoms with E-state index >= 15 is 0 Å². The molecule has 2 amide bonds. The van der Waals surface area contributed by atoms with Gasteiger partial charge in [0.2, 0.25) is 11.8 Å². The van der Waals surface area contributed by atoms with E-state index in [9.17, 15) is 18.4 Å². The molecule has 2 N–H and O–H groups in total. The number of amides is 2. The average molecular weight is 319 g/mol. The Labute approximate surface area is 124 Å². The highest BCUT2D eigenvalue weighted by Gasteiger charge is 2.27. The molecule has 1 fully saturated rings. The van der Waals surface area contributed by atoms with E-state index in [1.54, 1.807) is 0 Å². The third-order valence-electron chi connectivity index (χ3n) is 3.00. The standard InChI is InChI=1S/C13H13ClF2N2O3/c14-8-1-3-10(21-13(15)16)7(5-8)6-17-12(20)9-2-4-11(19)18-9/h1,3,5,9,13H,2,4,6H2,(H,17,20)(H,18,19). The smallest absolute Gasteiger partial charge is 0.387 e. The number of rotatable bonds is 5. The highest BCUT2D eigenvalue weighted by atomic mass is 35.5. The molecule has 2 rings (SSSR count). The minimum absolute atomic E-state index is 0.0200. The first-order chi connectivity index (χ1) is 9.95. The summed E-state index contributed by atoms with van der Waals surface area (Å²) in [5.74, 6) is -0.603. The normalized spacial score (nSPS) is 17.7. The van der Waals surface area contributed by atoms with Crippen molar-refractivity contribution in [2.75, 3.05) is 0 Å². The maximum absolute atomic E-state index is 12.3. The zero-order valence-electron chi connectivity index (χ0n) is 10.9. The maximum Gasteiger partial charge on any atom is 0.387 e. The second-order valence-corrected chi connectivity index (χ2v) is 4.94. The number of halogens is 3. The zero-order chi connectivity index (χ0) is 15.4. The van der Waals surface area contributed by atoms with Gasteiger partial charge in [-0.3, -0.25) is 9.59 Å². The summed E-state index contributed by atoms with van der Waals surface area (Å²) in [5, 5.41) is 5.43. The molecule has 1 atom stereocenters. The summed E-state index contributed by atoms with van der Waals surface area (Å²) in [4.78, 5) is 22.9. The number of alkyl halides is 2. The molecule has 0 radical (unpaired) electrons. The number of benzene rings is 1. The van der Waals surface area contributed by atoms with E-state index in [0.29, 0.717) is 23.4 Å². The Morgan fingerprint density at radius 3 is 2.90 bits per heavy atom. The van der Waals surface area contributed by atoms with E-state index in [1.807, 2.05) is 0 Å². The number of ether oxygens (including phenoxy) is 1. The van der Waals surface area contributed by atoms with Gasteiger partial charge in [-0.15, -0.1) is 0 Å². The van der Waals surface area contributed by atoms with Crippen LogP contribution in [0.1, 0.15) is 18.4 Å². The molecule has 1 saturated heterocycles. The van der Waals surface area contributed by atoms with E-state index < -0.39 is 12.7 Å². The third-order valence-corrected chi connectivity index (χ3v) is 3.24. The fourth-order valence-electron chi connectivity index (χ4n) is 2.01. The number of carbonyl (C=O) groups is 2. The van der Waals surface area contributed by atoms with Crippen molar-refractivity contribution in [1.82, 2.24) is 10.6 Å². The molecule has 0 spiro atoms. The van der Waals surface area contributed by atoms with Crippen molar-refractivity contribution in [3.05, 3.63) is 28.8 Å². The molecule has 0 saturated carbocycles. The van der Waals surface area contributed by atoms with Crippen LogP contribution in [0, 0.1) is 0 Å². The summed E-state index contributed by atoms with van der Waals surface area (Å²) in [6.45, 7) is -2.98. The second kappa shape index (κ2) is 6.71. The van der Waals surface area contributed by atoms with E-state index in [4.69, 9.17) is 11.6 Å². The minimum atomic E-state index is -2.96. The van der Waals surface area contributed by atoms with Gasteiger partial charge in [0.1, 0.15) is 11.8 Å². The SMILES string of the molecule is O=C1CCC(C(=O)NCc2cc(Cl)ccc2OC(F)F)N1. The van der Waals surface area contributed by atoms with Crippen molar-refractivity contribution >= 4 is 23.4 Å². The van der Waals surface area contributed by atoms with Crippen LogP contribution >= 0.6 is 11.6 Å². The number of carbonyl (C=O) groups excluding carboxylic acids is 2. The Morgan fingerprint density at radius 1 is 1.52 bits per heavy atom. The molecule has 114 valence electrons. The molecule has 1 aromatic rings. The summed E-state index contributed by atoms with van der Waals surface area (Å²) in [6, 6.07) is 3.58. The Balaban J connectivity index is 2.00. The fourth-order valence-corrected chi connectivity index (χ4v) is 2.21. The molecule has 0 aliphatic carbocycles. The minimum Gasteiger partial charge on any atom is -0.434 e. The quantitative estimate of drug-likeness (QED) is 0.870. The molecule has 1 aliphatic heterocycles. The van der Waals surface area contributed by atoms with Gasteiger partial charge in [-0.25, -0.2) is 0 Å². The van der Waals surface area contributed by atoms with Gasteiger partial charge in [0.25, 0.3) is 0 Å². The molecule has 0 aromatic heterocycles. The summed E-state index contributed by atoms with van der Waals surface area (Å²) in [5.41, 5.74) is 0.334. The molecule has 1 heterocycles. The molecule has 21 heavy (non-hydrogen) atoms. The molecular formula is C13H13ClF2N2O3. The molecule has 1 unspecified atom stereocenters. The Morgan fingerprint density at radius 2 is 2.29 bits per heavy atom. The van der Waals surface area contributed by atoms with Gasteiger partial charge in [0, 0.05) is 23.6 Å². The molecule has 8 heteroatoms. The van der Waals surface area contributed by atoms with Gasteiger partial charge >= 0.3 is 6.61 Å². The lowest BCUT2D eigenvalue weighted by molar-refractivity contribution is -0.125. The van der Waals surface area contributed by atoms with Crippen LogP contribution in [0.5, 0.6) is 5.75 Å². The van der Waals surface area contributed by atoms with Crippen molar-refractivity contribution in [3.63, 3.8) is 0 Å². The van der Waals surface area contributed by atoms with E-state index in [2.05, 4.69) is 15.4 Å².